The van der Waals surface area contributed by atoms with Gasteiger partial charge in [-0.1, -0.05) is 181 Å². The van der Waals surface area contributed by atoms with Gasteiger partial charge in [0.15, 0.2) is 0 Å². The van der Waals surface area contributed by atoms with Crippen molar-refractivity contribution >= 4 is 21.8 Å². The summed E-state index contributed by atoms with van der Waals surface area (Å²) in [6.07, 6.45) is 0. The van der Waals surface area contributed by atoms with Crippen molar-refractivity contribution in [3.05, 3.63) is 200 Å². The maximum absolute atomic E-state index is 2.51. The van der Waals surface area contributed by atoms with Crippen molar-refractivity contribution < 1.29 is 0 Å². The fourth-order valence-corrected chi connectivity index (χ4v) is 7.69. The lowest BCUT2D eigenvalue weighted by Gasteiger charge is -2.24. The minimum Gasteiger partial charge on any atom is -0.309 e. The number of fused-ring (bicyclic) bond motifs is 3. The van der Waals surface area contributed by atoms with E-state index < -0.39 is 0 Å². The molecule has 0 saturated heterocycles. The van der Waals surface area contributed by atoms with E-state index in [1.165, 1.54) is 83.0 Å². The Hall–Kier alpha value is -6.44. The van der Waals surface area contributed by atoms with Gasteiger partial charge in [0, 0.05) is 33.2 Å². The van der Waals surface area contributed by atoms with Crippen LogP contribution in [0.3, 0.4) is 0 Å². The zero-order valence-corrected chi connectivity index (χ0v) is 27.9. The minimum absolute atomic E-state index is 1.14. The Kier molecular flexibility index (Phi) is 7.44. The van der Waals surface area contributed by atoms with E-state index in [1.807, 2.05) is 0 Å². The Morgan fingerprint density at radius 3 is 1.32 bits per heavy atom. The summed E-state index contributed by atoms with van der Waals surface area (Å²) >= 11 is 0. The van der Waals surface area contributed by atoms with Crippen LogP contribution >= 0.6 is 0 Å². The van der Waals surface area contributed by atoms with Crippen LogP contribution in [0.2, 0.25) is 0 Å². The molecule has 0 saturated carbocycles. The first-order valence-corrected chi connectivity index (χ1v) is 17.3. The van der Waals surface area contributed by atoms with Gasteiger partial charge in [0.05, 0.1) is 11.0 Å². The zero-order chi connectivity index (χ0) is 33.4. The topological polar surface area (TPSA) is 4.93 Å². The maximum Gasteiger partial charge on any atom is 0.0632 e. The Morgan fingerprint density at radius 1 is 0.340 bits per heavy atom. The number of aromatic nitrogens is 1. The predicted molar refractivity (Wildman–Crippen MR) is 213 cm³/mol. The molecule has 0 unspecified atom stereocenters. The third kappa shape index (κ3) is 5.03. The summed E-state index contributed by atoms with van der Waals surface area (Å²) < 4.78 is 2.51. The van der Waals surface area contributed by atoms with Crippen molar-refractivity contribution in [3.8, 4) is 61.3 Å². The third-order valence-electron chi connectivity index (χ3n) is 9.82. The molecule has 0 radical (unpaired) electrons. The number of hydrogen-bond donors (Lipinski definition) is 0. The fraction of sp³-hybridized carbons (Fsp3) is 0.0204. The van der Waals surface area contributed by atoms with E-state index in [9.17, 15) is 0 Å². The highest BCUT2D eigenvalue weighted by atomic mass is 15.0. The van der Waals surface area contributed by atoms with Gasteiger partial charge < -0.3 is 4.57 Å². The first-order valence-electron chi connectivity index (χ1n) is 17.3. The molecule has 0 amide bonds. The summed E-state index contributed by atoms with van der Waals surface area (Å²) in [5, 5.41) is 2.48. The van der Waals surface area contributed by atoms with E-state index in [-0.39, 0.29) is 0 Å². The van der Waals surface area contributed by atoms with Crippen LogP contribution in [0.5, 0.6) is 0 Å². The van der Waals surface area contributed by atoms with Crippen molar-refractivity contribution in [2.24, 2.45) is 0 Å². The van der Waals surface area contributed by atoms with Crippen LogP contribution in [0, 0.1) is 6.92 Å². The Morgan fingerprint density at radius 2 is 0.780 bits per heavy atom. The maximum atomic E-state index is 2.51. The lowest BCUT2D eigenvalue weighted by Crippen LogP contribution is -2.00. The van der Waals surface area contributed by atoms with Gasteiger partial charge in [0.25, 0.3) is 0 Å². The Bertz CT molecular complexity index is 2600. The molecule has 0 fully saturated rings. The normalized spacial score (nSPS) is 11.3. The molecule has 9 aromatic rings. The van der Waals surface area contributed by atoms with Gasteiger partial charge in [-0.05, 0) is 64.1 Å². The van der Waals surface area contributed by atoms with Gasteiger partial charge in [-0.3, -0.25) is 0 Å². The molecule has 1 heteroatoms. The average Bonchev–Trinajstić information content (AvgIpc) is 3.52. The van der Waals surface area contributed by atoms with Crippen molar-refractivity contribution in [2.45, 2.75) is 6.92 Å². The molecular formula is C49H35N. The van der Waals surface area contributed by atoms with Crippen LogP contribution in [0.1, 0.15) is 5.56 Å². The quantitative estimate of drug-likeness (QED) is 0.171. The first-order chi connectivity index (χ1) is 24.8. The number of aryl methyl sites for hydroxylation is 1. The molecule has 0 aliphatic carbocycles. The average molecular weight is 638 g/mol. The summed E-state index contributed by atoms with van der Waals surface area (Å²) in [6.45, 7) is 2.16. The van der Waals surface area contributed by atoms with E-state index in [0.717, 1.165) is 5.69 Å². The van der Waals surface area contributed by atoms with Crippen molar-refractivity contribution in [1.82, 2.24) is 4.57 Å². The van der Waals surface area contributed by atoms with Gasteiger partial charge in [-0.2, -0.15) is 0 Å². The SMILES string of the molecule is Cc1cccc(-c2ccc3c4c(-c5ccccc5)c(-c5ccccc5)c(-c5ccccc5)c(-c5ccccc5)c4n(-c4ccccc4)c3c2)c1. The minimum atomic E-state index is 1.14. The molecule has 9 rings (SSSR count). The van der Waals surface area contributed by atoms with Crippen LogP contribution < -0.4 is 0 Å². The lowest BCUT2D eigenvalue weighted by molar-refractivity contribution is 1.18. The van der Waals surface area contributed by atoms with E-state index in [2.05, 4.69) is 206 Å². The number of hydrogen-bond acceptors (Lipinski definition) is 0. The first kappa shape index (κ1) is 29.7. The molecule has 1 nitrogen and oxygen atoms in total. The highest BCUT2D eigenvalue weighted by Gasteiger charge is 2.29. The monoisotopic (exact) mass is 637 g/mol. The smallest absolute Gasteiger partial charge is 0.0632 e. The lowest BCUT2D eigenvalue weighted by atomic mass is 9.80. The molecule has 0 bridgehead atoms. The van der Waals surface area contributed by atoms with Gasteiger partial charge in [-0.25, -0.2) is 0 Å². The van der Waals surface area contributed by atoms with E-state index in [1.54, 1.807) is 0 Å². The largest absolute Gasteiger partial charge is 0.309 e. The van der Waals surface area contributed by atoms with Crippen molar-refractivity contribution in [2.75, 3.05) is 0 Å². The van der Waals surface area contributed by atoms with Crippen molar-refractivity contribution in [1.29, 1.82) is 0 Å². The summed E-state index contributed by atoms with van der Waals surface area (Å²) in [4.78, 5) is 0. The van der Waals surface area contributed by atoms with E-state index in [4.69, 9.17) is 0 Å². The van der Waals surface area contributed by atoms with Crippen LogP contribution in [0.4, 0.5) is 0 Å². The summed E-state index contributed by atoms with van der Waals surface area (Å²) in [6, 6.07) is 70.6. The molecule has 8 aromatic carbocycles. The third-order valence-corrected chi connectivity index (χ3v) is 9.82. The Labute approximate surface area is 293 Å². The standard InChI is InChI=1S/C49H35N/c1-34-18-17-27-39(32-34)40-30-31-42-43(33-40)50(41-28-15-6-16-29-41)49-47(38-25-13-5-14-26-38)45(36-21-9-3-10-22-36)44(35-19-7-2-8-20-35)46(48(42)49)37-23-11-4-12-24-37/h2-33H,1H3. The van der Waals surface area contributed by atoms with Crippen LogP contribution in [-0.4, -0.2) is 4.57 Å². The highest BCUT2D eigenvalue weighted by Crippen LogP contribution is 2.54. The summed E-state index contributed by atoms with van der Waals surface area (Å²) in [7, 11) is 0. The van der Waals surface area contributed by atoms with E-state index in [0.29, 0.717) is 0 Å². The summed E-state index contributed by atoms with van der Waals surface area (Å²) in [5.74, 6) is 0. The Balaban J connectivity index is 1.59. The second-order valence-corrected chi connectivity index (χ2v) is 13.0. The fourth-order valence-electron chi connectivity index (χ4n) is 7.69. The molecule has 1 aromatic heterocycles. The summed E-state index contributed by atoms with van der Waals surface area (Å²) in [5.41, 5.74) is 16.9. The van der Waals surface area contributed by atoms with Crippen molar-refractivity contribution in [3.63, 3.8) is 0 Å². The van der Waals surface area contributed by atoms with Gasteiger partial charge in [0.1, 0.15) is 0 Å². The second kappa shape index (κ2) is 12.5. The zero-order valence-electron chi connectivity index (χ0n) is 27.9. The van der Waals surface area contributed by atoms with Crippen LogP contribution in [0.15, 0.2) is 194 Å². The number of benzene rings is 8. The molecule has 0 atom stereocenters. The molecule has 50 heavy (non-hydrogen) atoms. The van der Waals surface area contributed by atoms with Crippen LogP contribution in [-0.2, 0) is 0 Å². The predicted octanol–water partition coefficient (Wildman–Crippen LogP) is 13.4. The van der Waals surface area contributed by atoms with Gasteiger partial charge >= 0.3 is 0 Å². The number of rotatable bonds is 6. The number of nitrogens with zero attached hydrogens (tertiary/aromatic N) is 1. The molecule has 0 spiro atoms. The molecule has 1 heterocycles. The molecule has 236 valence electrons. The van der Waals surface area contributed by atoms with Gasteiger partial charge in [-0.15, -0.1) is 0 Å². The van der Waals surface area contributed by atoms with E-state index >= 15 is 0 Å². The van der Waals surface area contributed by atoms with Crippen LogP contribution in [0.25, 0.3) is 83.1 Å². The molecule has 0 N–H and O–H groups in total. The number of para-hydroxylation sites is 1. The molecule has 0 aliphatic rings. The molecule has 0 aliphatic heterocycles. The second-order valence-electron chi connectivity index (χ2n) is 13.0. The highest BCUT2D eigenvalue weighted by molar-refractivity contribution is 6.26. The molecular weight excluding hydrogens is 603 g/mol. The van der Waals surface area contributed by atoms with Gasteiger partial charge in [0.2, 0.25) is 0 Å².